The van der Waals surface area contributed by atoms with Gasteiger partial charge in [0.15, 0.2) is 9.90 Å². The highest BCUT2D eigenvalue weighted by molar-refractivity contribution is 7.91. The van der Waals surface area contributed by atoms with Crippen molar-refractivity contribution in [1.29, 1.82) is 0 Å². The van der Waals surface area contributed by atoms with Gasteiger partial charge in [0.2, 0.25) is 0 Å². The molecule has 0 bridgehead atoms. The first-order valence-corrected chi connectivity index (χ1v) is 8.16. The van der Waals surface area contributed by atoms with E-state index in [1.807, 2.05) is 0 Å². The highest BCUT2D eigenvalue weighted by Gasteiger charge is 2.26. The number of carbonyl (C=O) groups is 1. The summed E-state index contributed by atoms with van der Waals surface area (Å²) in [6.07, 6.45) is 1.91. The fourth-order valence-corrected chi connectivity index (χ4v) is 3.76. The van der Waals surface area contributed by atoms with Crippen LogP contribution >= 0.6 is 11.3 Å². The van der Waals surface area contributed by atoms with Crippen LogP contribution in [0.25, 0.3) is 0 Å². The number of sulfonamides is 1. The molecule has 9 nitrogen and oxygen atoms in total. The average molecular weight is 331 g/mol. The van der Waals surface area contributed by atoms with Crippen LogP contribution in [-0.4, -0.2) is 47.8 Å². The van der Waals surface area contributed by atoms with Gasteiger partial charge in [-0.1, -0.05) is 0 Å². The Morgan fingerprint density at radius 3 is 2.90 bits per heavy atom. The molecule has 0 amide bonds. The van der Waals surface area contributed by atoms with Crippen molar-refractivity contribution in [3.63, 3.8) is 0 Å². The van der Waals surface area contributed by atoms with Gasteiger partial charge in [-0.3, -0.25) is 0 Å². The lowest BCUT2D eigenvalue weighted by atomic mass is 10.4. The Hall–Kier alpha value is -1.85. The number of nitrogens with zero attached hydrogens (tertiary/aromatic N) is 4. The first kappa shape index (κ1) is 15.5. The monoisotopic (exact) mass is 331 g/mol. The minimum absolute atomic E-state index is 0.132. The number of rotatable bonds is 6. The number of methoxy groups -OCH3 is 1. The summed E-state index contributed by atoms with van der Waals surface area (Å²) in [6, 6.07) is 0. The van der Waals surface area contributed by atoms with Gasteiger partial charge in [0.05, 0.1) is 12.6 Å². The summed E-state index contributed by atoms with van der Waals surface area (Å²) >= 11 is 0.856. The molecule has 0 atom stereocenters. The van der Waals surface area contributed by atoms with Gasteiger partial charge < -0.3 is 9.30 Å². The van der Waals surface area contributed by atoms with Crippen molar-refractivity contribution in [1.82, 2.24) is 24.5 Å². The maximum absolute atomic E-state index is 12.2. The third-order valence-electron chi connectivity index (χ3n) is 2.60. The van der Waals surface area contributed by atoms with Gasteiger partial charge >= 0.3 is 5.97 Å². The Morgan fingerprint density at radius 1 is 1.52 bits per heavy atom. The molecule has 2 rings (SSSR count). The van der Waals surface area contributed by atoms with Crippen LogP contribution in [0, 0.1) is 0 Å². The Kier molecular flexibility index (Phi) is 4.65. The van der Waals surface area contributed by atoms with Crippen LogP contribution in [0.1, 0.15) is 16.3 Å². The molecule has 21 heavy (non-hydrogen) atoms. The summed E-state index contributed by atoms with van der Waals surface area (Å²) in [5.41, 5.74) is 1.07. The van der Waals surface area contributed by atoms with Crippen LogP contribution in [0.15, 0.2) is 16.0 Å². The molecule has 0 spiro atoms. The maximum Gasteiger partial charge on any atom is 0.358 e. The predicted octanol–water partition coefficient (Wildman–Crippen LogP) is -0.421. The topological polar surface area (TPSA) is 116 Å². The van der Waals surface area contributed by atoms with E-state index in [1.165, 1.54) is 18.9 Å². The quantitative estimate of drug-likeness (QED) is 0.714. The third-order valence-corrected chi connectivity index (χ3v) is 5.43. The Balaban J connectivity index is 2.07. The van der Waals surface area contributed by atoms with E-state index in [9.17, 15) is 13.2 Å². The normalized spacial score (nSPS) is 11.5. The molecular weight excluding hydrogens is 318 g/mol. The smallest absolute Gasteiger partial charge is 0.358 e. The zero-order chi connectivity index (χ0) is 15.5. The second kappa shape index (κ2) is 6.28. The number of nitrogens with one attached hydrogen (secondary N) is 1. The minimum atomic E-state index is -3.82. The van der Waals surface area contributed by atoms with Crippen LogP contribution in [-0.2, 0) is 28.2 Å². The van der Waals surface area contributed by atoms with Crippen molar-refractivity contribution in [3.8, 4) is 0 Å². The zero-order valence-corrected chi connectivity index (χ0v) is 12.9. The number of ether oxygens (including phenoxy) is 1. The van der Waals surface area contributed by atoms with Crippen LogP contribution in [0.5, 0.6) is 0 Å². The molecule has 2 aromatic heterocycles. The van der Waals surface area contributed by atoms with E-state index in [0.717, 1.165) is 11.3 Å². The van der Waals surface area contributed by atoms with E-state index in [1.54, 1.807) is 11.6 Å². The number of esters is 1. The number of thiazole rings is 1. The molecule has 0 fully saturated rings. The molecule has 2 aromatic rings. The second-order valence-corrected chi connectivity index (χ2v) is 6.80. The van der Waals surface area contributed by atoms with E-state index in [2.05, 4.69) is 24.6 Å². The summed E-state index contributed by atoms with van der Waals surface area (Å²) in [4.78, 5) is 15.2. The molecule has 11 heteroatoms. The summed E-state index contributed by atoms with van der Waals surface area (Å²) in [7, 11) is -0.889. The predicted molar refractivity (Wildman–Crippen MR) is 73.3 cm³/mol. The second-order valence-electron chi connectivity index (χ2n) is 3.99. The van der Waals surface area contributed by atoms with Gasteiger partial charge in [-0.15, -0.1) is 21.5 Å². The molecule has 1 N–H and O–H groups in total. The molecule has 0 aliphatic heterocycles. The Bertz CT molecular complexity index is 736. The van der Waals surface area contributed by atoms with Crippen LogP contribution in [0.2, 0.25) is 0 Å². The van der Waals surface area contributed by atoms with Gasteiger partial charge in [0.25, 0.3) is 10.0 Å². The zero-order valence-electron chi connectivity index (χ0n) is 11.3. The number of aryl methyl sites for hydroxylation is 1. The van der Waals surface area contributed by atoms with Crippen molar-refractivity contribution >= 4 is 27.3 Å². The fraction of sp³-hybridized carbons (Fsp3) is 0.400. The van der Waals surface area contributed by atoms with E-state index >= 15 is 0 Å². The summed E-state index contributed by atoms with van der Waals surface area (Å²) < 4.78 is 32.7. The molecular formula is C10H13N5O4S2. The first-order valence-electron chi connectivity index (χ1n) is 5.80. The maximum atomic E-state index is 12.2. The van der Waals surface area contributed by atoms with Gasteiger partial charge in [0, 0.05) is 20.0 Å². The molecule has 0 unspecified atom stereocenters. The van der Waals surface area contributed by atoms with Gasteiger partial charge in [-0.05, 0) is 0 Å². The van der Waals surface area contributed by atoms with Crippen LogP contribution in [0.3, 0.4) is 0 Å². The van der Waals surface area contributed by atoms with Crippen molar-refractivity contribution in [3.05, 3.63) is 23.4 Å². The lowest BCUT2D eigenvalue weighted by Gasteiger charge is -2.05. The summed E-state index contributed by atoms with van der Waals surface area (Å²) in [5.74, 6) is -0.139. The van der Waals surface area contributed by atoms with Crippen molar-refractivity contribution < 1.29 is 17.9 Å². The third kappa shape index (κ3) is 3.43. The highest BCUT2D eigenvalue weighted by Crippen LogP contribution is 2.20. The van der Waals surface area contributed by atoms with Crippen molar-refractivity contribution in [2.75, 3.05) is 13.7 Å². The molecule has 2 heterocycles. The molecule has 0 aliphatic carbocycles. The van der Waals surface area contributed by atoms with Gasteiger partial charge in [-0.25, -0.2) is 22.9 Å². The Labute approximate surface area is 125 Å². The lowest BCUT2D eigenvalue weighted by Crippen LogP contribution is -2.27. The van der Waals surface area contributed by atoms with Gasteiger partial charge in [0.1, 0.15) is 12.2 Å². The Morgan fingerprint density at radius 2 is 2.29 bits per heavy atom. The van der Waals surface area contributed by atoms with Crippen molar-refractivity contribution in [2.24, 2.45) is 7.05 Å². The average Bonchev–Trinajstić information content (AvgIpc) is 3.07. The number of aromatic nitrogens is 4. The van der Waals surface area contributed by atoms with Crippen LogP contribution < -0.4 is 4.72 Å². The summed E-state index contributed by atoms with van der Waals surface area (Å²) in [5, 5.41) is 7.55. The molecule has 114 valence electrons. The lowest BCUT2D eigenvalue weighted by molar-refractivity contribution is 0.0590. The van der Waals surface area contributed by atoms with Crippen molar-refractivity contribution in [2.45, 2.75) is 10.6 Å². The van der Waals surface area contributed by atoms with E-state index in [-0.39, 0.29) is 16.4 Å². The van der Waals surface area contributed by atoms with Gasteiger partial charge in [-0.2, -0.15) is 0 Å². The van der Waals surface area contributed by atoms with E-state index in [4.69, 9.17) is 0 Å². The largest absolute Gasteiger partial charge is 0.464 e. The molecule has 0 radical (unpaired) electrons. The van der Waals surface area contributed by atoms with E-state index in [0.29, 0.717) is 12.2 Å². The molecule has 0 saturated heterocycles. The molecule has 0 saturated carbocycles. The fourth-order valence-electron chi connectivity index (χ4n) is 1.55. The first-order chi connectivity index (χ1) is 9.95. The highest BCUT2D eigenvalue weighted by atomic mass is 32.2. The standard InChI is InChI=1S/C10H13N5O4S2/c1-15-5-12-14-7(15)3-4-13-21(17,18)10-8(9(16)19-2)11-6-20-10/h5-6,13H,3-4H2,1-2H3. The molecule has 0 aromatic carbocycles. The number of carbonyl (C=O) groups excluding carboxylic acids is 1. The minimum Gasteiger partial charge on any atom is -0.464 e. The SMILES string of the molecule is COC(=O)c1ncsc1S(=O)(=O)NCCc1nncn1C. The summed E-state index contributed by atoms with van der Waals surface area (Å²) in [6.45, 7) is 0.132. The van der Waals surface area contributed by atoms with Crippen LogP contribution in [0.4, 0.5) is 0 Å². The van der Waals surface area contributed by atoms with E-state index < -0.39 is 16.0 Å². The molecule has 0 aliphatic rings. The number of hydrogen-bond acceptors (Lipinski definition) is 8. The number of hydrogen-bond donors (Lipinski definition) is 1.